The van der Waals surface area contributed by atoms with Crippen molar-refractivity contribution in [2.75, 3.05) is 11.9 Å². The number of fused-ring (bicyclic) bond motifs is 1. The van der Waals surface area contributed by atoms with Crippen LogP contribution in [0.5, 0.6) is 0 Å². The van der Waals surface area contributed by atoms with Crippen LogP contribution in [-0.4, -0.2) is 16.3 Å². The van der Waals surface area contributed by atoms with Gasteiger partial charge >= 0.3 is 0 Å². The second-order valence-electron chi connectivity index (χ2n) is 5.49. The van der Waals surface area contributed by atoms with Gasteiger partial charge in [-0.25, -0.2) is 4.68 Å². The van der Waals surface area contributed by atoms with Crippen LogP contribution in [0.4, 0.5) is 5.82 Å². The smallest absolute Gasteiger partial charge is 0.133 e. The van der Waals surface area contributed by atoms with Gasteiger partial charge in [0.05, 0.1) is 26.4 Å². The first-order valence-electron chi connectivity index (χ1n) is 7.31. The molecule has 1 N–H and O–H groups in total. The lowest BCUT2D eigenvalue weighted by Gasteiger charge is -2.07. The molecule has 0 saturated heterocycles. The number of hydrogen-bond acceptors (Lipinski definition) is 2. The molecule has 0 amide bonds. The fourth-order valence-corrected chi connectivity index (χ4v) is 3.67. The number of nitrogens with zero attached hydrogens (tertiary/aromatic N) is 2. The molecule has 0 bridgehead atoms. The zero-order valence-electron chi connectivity index (χ0n) is 12.3. The van der Waals surface area contributed by atoms with Crippen LogP contribution in [0.1, 0.15) is 5.56 Å². The Morgan fingerprint density at radius 1 is 0.917 bits per heavy atom. The molecule has 1 aromatic heterocycles. The van der Waals surface area contributed by atoms with E-state index in [1.54, 1.807) is 18.2 Å². The van der Waals surface area contributed by atoms with Crippen molar-refractivity contribution in [3.8, 4) is 16.9 Å². The largest absolute Gasteiger partial charge is 0.369 e. The van der Waals surface area contributed by atoms with Gasteiger partial charge in [-0.3, -0.25) is 0 Å². The zero-order chi connectivity index (χ0) is 16.8. The van der Waals surface area contributed by atoms with Crippen molar-refractivity contribution in [1.82, 2.24) is 9.78 Å². The van der Waals surface area contributed by atoms with Crippen molar-refractivity contribution in [1.29, 1.82) is 0 Å². The second kappa shape index (κ2) is 6.16. The Morgan fingerprint density at radius 3 is 2.50 bits per heavy atom. The van der Waals surface area contributed by atoms with Gasteiger partial charge in [-0.1, -0.05) is 46.4 Å². The Morgan fingerprint density at radius 2 is 1.75 bits per heavy atom. The van der Waals surface area contributed by atoms with E-state index in [-0.39, 0.29) is 0 Å². The maximum atomic E-state index is 6.37. The fourth-order valence-electron chi connectivity index (χ4n) is 2.88. The highest BCUT2D eigenvalue weighted by Crippen LogP contribution is 2.38. The van der Waals surface area contributed by atoms with E-state index in [0.29, 0.717) is 20.1 Å². The molecule has 0 saturated carbocycles. The first-order valence-corrected chi connectivity index (χ1v) is 8.82. The van der Waals surface area contributed by atoms with Gasteiger partial charge in [0.25, 0.3) is 0 Å². The molecule has 7 heteroatoms. The van der Waals surface area contributed by atoms with Crippen LogP contribution in [0, 0.1) is 0 Å². The summed E-state index contributed by atoms with van der Waals surface area (Å²) in [5.41, 5.74) is 3.68. The van der Waals surface area contributed by atoms with Crippen LogP contribution in [0.2, 0.25) is 20.1 Å². The average molecular weight is 399 g/mol. The Kier molecular flexibility index (Phi) is 4.13. The molecule has 0 unspecified atom stereocenters. The zero-order valence-corrected chi connectivity index (χ0v) is 15.3. The monoisotopic (exact) mass is 397 g/mol. The number of anilines is 1. The third-order valence-corrected chi connectivity index (χ3v) is 5.27. The van der Waals surface area contributed by atoms with Gasteiger partial charge < -0.3 is 5.32 Å². The molecule has 3 aromatic rings. The predicted molar refractivity (Wildman–Crippen MR) is 101 cm³/mol. The quantitative estimate of drug-likeness (QED) is 0.563. The Bertz CT molecular complexity index is 949. The summed E-state index contributed by atoms with van der Waals surface area (Å²) in [6.07, 6.45) is 0.880. The molecule has 122 valence electrons. The first kappa shape index (κ1) is 16.1. The Hall–Kier alpha value is -1.39. The van der Waals surface area contributed by atoms with Crippen LogP contribution < -0.4 is 5.32 Å². The van der Waals surface area contributed by atoms with Crippen molar-refractivity contribution in [3.63, 3.8) is 0 Å². The topological polar surface area (TPSA) is 29.9 Å². The highest BCUT2D eigenvalue weighted by Gasteiger charge is 2.25. The third kappa shape index (κ3) is 2.66. The van der Waals surface area contributed by atoms with Crippen molar-refractivity contribution < 1.29 is 0 Å². The molecule has 4 rings (SSSR count). The summed E-state index contributed by atoms with van der Waals surface area (Å²) in [6.45, 7) is 0.854. The summed E-state index contributed by atoms with van der Waals surface area (Å²) in [7, 11) is 0. The van der Waals surface area contributed by atoms with E-state index in [1.165, 1.54) is 0 Å². The van der Waals surface area contributed by atoms with Crippen LogP contribution in [0.25, 0.3) is 16.9 Å². The van der Waals surface area contributed by atoms with Crippen LogP contribution in [0.15, 0.2) is 36.4 Å². The number of nitrogens with one attached hydrogen (secondary N) is 1. The number of halogens is 4. The molecule has 0 spiro atoms. The van der Waals surface area contributed by atoms with E-state index in [9.17, 15) is 0 Å². The summed E-state index contributed by atoms with van der Waals surface area (Å²) in [5.74, 6) is 0.953. The first-order chi connectivity index (χ1) is 11.5. The van der Waals surface area contributed by atoms with Crippen LogP contribution in [-0.2, 0) is 6.42 Å². The van der Waals surface area contributed by atoms with Gasteiger partial charge in [0.1, 0.15) is 5.82 Å². The Balaban J connectivity index is 1.90. The lowest BCUT2D eigenvalue weighted by molar-refractivity contribution is 0.882. The van der Waals surface area contributed by atoms with Gasteiger partial charge in [-0.2, -0.15) is 5.10 Å². The summed E-state index contributed by atoms with van der Waals surface area (Å²) in [4.78, 5) is 0. The van der Waals surface area contributed by atoms with Crippen LogP contribution >= 0.6 is 46.4 Å². The fraction of sp³-hybridized carbons (Fsp3) is 0.118. The minimum absolute atomic E-state index is 0.488. The van der Waals surface area contributed by atoms with Crippen LogP contribution in [0.3, 0.4) is 0 Å². The lowest BCUT2D eigenvalue weighted by atomic mass is 10.1. The van der Waals surface area contributed by atoms with E-state index in [0.717, 1.165) is 41.3 Å². The van der Waals surface area contributed by atoms with E-state index >= 15 is 0 Å². The molecule has 1 aliphatic heterocycles. The minimum atomic E-state index is 0.488. The summed E-state index contributed by atoms with van der Waals surface area (Å²) in [5, 5.41) is 10.3. The minimum Gasteiger partial charge on any atom is -0.369 e. The van der Waals surface area contributed by atoms with E-state index < -0.39 is 0 Å². The van der Waals surface area contributed by atoms with Gasteiger partial charge in [0.15, 0.2) is 0 Å². The van der Waals surface area contributed by atoms with Gasteiger partial charge in [-0.05, 0) is 42.8 Å². The maximum Gasteiger partial charge on any atom is 0.133 e. The molecule has 3 nitrogen and oxygen atoms in total. The summed E-state index contributed by atoms with van der Waals surface area (Å²) in [6, 6.07) is 10.9. The molecule has 24 heavy (non-hydrogen) atoms. The number of aromatic nitrogens is 2. The van der Waals surface area contributed by atoms with E-state index in [4.69, 9.17) is 51.5 Å². The van der Waals surface area contributed by atoms with Gasteiger partial charge in [-0.15, -0.1) is 0 Å². The van der Waals surface area contributed by atoms with E-state index in [1.807, 2.05) is 22.9 Å². The second-order valence-corrected chi connectivity index (χ2v) is 7.14. The van der Waals surface area contributed by atoms with Crippen molar-refractivity contribution in [2.24, 2.45) is 0 Å². The third-order valence-electron chi connectivity index (χ3n) is 3.98. The van der Waals surface area contributed by atoms with E-state index in [2.05, 4.69) is 5.32 Å². The molecule has 2 heterocycles. The highest BCUT2D eigenvalue weighted by molar-refractivity contribution is 6.42. The lowest BCUT2D eigenvalue weighted by Crippen LogP contribution is -2.04. The van der Waals surface area contributed by atoms with Crippen molar-refractivity contribution in [2.45, 2.75) is 6.42 Å². The highest BCUT2D eigenvalue weighted by atomic mass is 35.5. The van der Waals surface area contributed by atoms with Crippen molar-refractivity contribution >= 4 is 52.2 Å². The standard InChI is InChI=1S/C17H11Cl4N3/c18-9-1-3-11(14(20)7-9)16-12-5-6-22-17(12)24(23-16)10-2-4-13(19)15(21)8-10/h1-4,7-8,22H,5-6H2. The molecule has 1 aliphatic rings. The average Bonchev–Trinajstić information content (AvgIpc) is 3.13. The molecule has 0 atom stereocenters. The molecular weight excluding hydrogens is 388 g/mol. The Labute approximate surface area is 159 Å². The number of rotatable bonds is 2. The molecular formula is C17H11Cl4N3. The van der Waals surface area contributed by atoms with Crippen molar-refractivity contribution in [3.05, 3.63) is 62.1 Å². The summed E-state index contributed by atoms with van der Waals surface area (Å²) >= 11 is 24.5. The van der Waals surface area contributed by atoms with Gasteiger partial charge in [0.2, 0.25) is 0 Å². The molecule has 0 fully saturated rings. The normalized spacial score (nSPS) is 13.0. The molecule has 2 aromatic carbocycles. The SMILES string of the molecule is Clc1ccc(-c2nn(-c3ccc(Cl)c(Cl)c3)c3c2CCN3)c(Cl)c1. The summed E-state index contributed by atoms with van der Waals surface area (Å²) < 4.78 is 1.84. The predicted octanol–water partition coefficient (Wildman–Crippen LogP) is 6.12. The van der Waals surface area contributed by atoms with Gasteiger partial charge in [0, 0.05) is 22.7 Å². The molecule has 0 radical (unpaired) electrons. The molecule has 0 aliphatic carbocycles. The number of hydrogen-bond donors (Lipinski definition) is 1. The maximum absolute atomic E-state index is 6.37. The number of benzene rings is 2.